The molecular formula is C5H15NO5S. The van der Waals surface area contributed by atoms with Crippen molar-refractivity contribution in [1.82, 2.24) is 0 Å². The summed E-state index contributed by atoms with van der Waals surface area (Å²) in [6.45, 7) is 3.82. The summed E-state index contributed by atoms with van der Waals surface area (Å²) in [7, 11) is -1.96. The first-order chi connectivity index (χ1) is 5.12. The van der Waals surface area contributed by atoms with Gasteiger partial charge in [-0.05, 0) is 0 Å². The van der Waals surface area contributed by atoms with Crippen LogP contribution in [0.2, 0.25) is 0 Å². The summed E-state index contributed by atoms with van der Waals surface area (Å²) in [6, 6.07) is 0. The fraction of sp³-hybridized carbons (Fsp3) is 1.00. The Morgan fingerprint density at radius 3 is 1.50 bits per heavy atom. The van der Waals surface area contributed by atoms with Crippen LogP contribution in [-0.4, -0.2) is 32.9 Å². The van der Waals surface area contributed by atoms with Gasteiger partial charge in [-0.15, -0.1) is 0 Å². The van der Waals surface area contributed by atoms with Crippen molar-refractivity contribution in [1.29, 1.82) is 0 Å². The summed E-state index contributed by atoms with van der Waals surface area (Å²) in [5, 5.41) is 0. The fourth-order valence-corrected chi connectivity index (χ4v) is 0. The summed E-state index contributed by atoms with van der Waals surface area (Å²) >= 11 is 0. The van der Waals surface area contributed by atoms with Crippen LogP contribution in [-0.2, 0) is 19.3 Å². The Labute approximate surface area is 72.6 Å². The van der Waals surface area contributed by atoms with Crippen LogP contribution in [0.1, 0.15) is 13.8 Å². The zero-order chi connectivity index (χ0) is 10.4. The number of methoxy groups -OCH3 is 1. The molecule has 0 atom stereocenters. The maximum absolute atomic E-state index is 9.22. The Bertz CT molecular complexity index is 192. The molecule has 0 saturated carbocycles. The first kappa shape index (κ1) is 14.3. The van der Waals surface area contributed by atoms with Crippen LogP contribution < -0.4 is 5.73 Å². The molecule has 0 heterocycles. The molecule has 0 aliphatic carbocycles. The van der Waals surface area contributed by atoms with Crippen LogP contribution in [0, 0.1) is 0 Å². The van der Waals surface area contributed by atoms with Gasteiger partial charge in [-0.1, -0.05) is 0 Å². The lowest BCUT2D eigenvalue weighted by Gasteiger charge is -2.09. The minimum absolute atomic E-state index is 0.208. The van der Waals surface area contributed by atoms with E-state index in [9.17, 15) is 13.0 Å². The second-order valence-corrected chi connectivity index (χ2v) is 3.69. The summed E-state index contributed by atoms with van der Waals surface area (Å²) in [5.41, 5.74) is 3.46. The molecule has 0 bridgehead atoms. The van der Waals surface area contributed by atoms with E-state index in [0.29, 0.717) is 0 Å². The van der Waals surface area contributed by atoms with Gasteiger partial charge in [-0.25, -0.2) is 8.42 Å². The second kappa shape index (κ2) is 5.44. The van der Waals surface area contributed by atoms with Crippen LogP contribution in [0.4, 0.5) is 0 Å². The van der Waals surface area contributed by atoms with Crippen molar-refractivity contribution in [2.45, 2.75) is 19.6 Å². The maximum atomic E-state index is 9.22. The molecule has 0 aliphatic rings. The Kier molecular flexibility index (Phi) is 6.49. The molecule has 12 heavy (non-hydrogen) atoms. The van der Waals surface area contributed by atoms with Gasteiger partial charge in [0.1, 0.15) is 0 Å². The SMILES string of the molecule is COC(C)(C)[NH3+].COS(=O)(=O)[O-]. The molecule has 0 aliphatic heterocycles. The summed E-state index contributed by atoms with van der Waals surface area (Å²) in [5.74, 6) is 0. The molecular weight excluding hydrogens is 186 g/mol. The van der Waals surface area contributed by atoms with Gasteiger partial charge in [0.05, 0.1) is 7.11 Å². The number of hydrogen-bond donors (Lipinski definition) is 1. The predicted octanol–water partition coefficient (Wildman–Crippen LogP) is -1.30. The van der Waals surface area contributed by atoms with Crippen LogP contribution in [0.25, 0.3) is 0 Å². The molecule has 0 amide bonds. The minimum Gasteiger partial charge on any atom is -0.726 e. The molecule has 6 nitrogen and oxygen atoms in total. The van der Waals surface area contributed by atoms with Crippen LogP contribution in [0.15, 0.2) is 0 Å². The molecule has 0 rings (SSSR count). The van der Waals surface area contributed by atoms with Gasteiger partial charge in [0.25, 0.3) is 0 Å². The van der Waals surface area contributed by atoms with Gasteiger partial charge in [-0.2, -0.15) is 0 Å². The minimum atomic E-state index is -4.41. The normalized spacial score (nSPS) is 11.8. The van der Waals surface area contributed by atoms with Crippen molar-refractivity contribution in [2.24, 2.45) is 0 Å². The van der Waals surface area contributed by atoms with Crippen molar-refractivity contribution in [3.05, 3.63) is 0 Å². The Morgan fingerprint density at radius 2 is 1.50 bits per heavy atom. The number of hydrogen-bond acceptors (Lipinski definition) is 5. The van der Waals surface area contributed by atoms with Gasteiger partial charge in [0.2, 0.25) is 10.4 Å². The van der Waals surface area contributed by atoms with Crippen LogP contribution >= 0.6 is 0 Å². The average molecular weight is 201 g/mol. The maximum Gasteiger partial charge on any atom is 0.217 e. The van der Waals surface area contributed by atoms with E-state index >= 15 is 0 Å². The van der Waals surface area contributed by atoms with E-state index in [0.717, 1.165) is 7.11 Å². The molecule has 0 aromatic heterocycles. The third-order valence-corrected chi connectivity index (χ3v) is 1.16. The smallest absolute Gasteiger partial charge is 0.217 e. The van der Waals surface area contributed by atoms with Gasteiger partial charge in [-0.3, -0.25) is 4.18 Å². The topological polar surface area (TPSA) is 103 Å². The molecule has 76 valence electrons. The molecule has 0 aromatic carbocycles. The van der Waals surface area contributed by atoms with E-state index in [4.69, 9.17) is 4.74 Å². The Hall–Kier alpha value is -0.210. The van der Waals surface area contributed by atoms with Gasteiger partial charge >= 0.3 is 0 Å². The zero-order valence-electron chi connectivity index (χ0n) is 7.66. The largest absolute Gasteiger partial charge is 0.726 e. The molecule has 0 saturated heterocycles. The Morgan fingerprint density at radius 1 is 1.33 bits per heavy atom. The van der Waals surface area contributed by atoms with Gasteiger partial charge < -0.3 is 15.0 Å². The lowest BCUT2D eigenvalue weighted by atomic mass is 10.3. The zero-order valence-corrected chi connectivity index (χ0v) is 8.47. The van der Waals surface area contributed by atoms with Crippen LogP contribution in [0.5, 0.6) is 0 Å². The van der Waals surface area contributed by atoms with Crippen molar-refractivity contribution >= 4 is 10.4 Å². The molecule has 0 spiro atoms. The first-order valence-corrected chi connectivity index (χ1v) is 4.37. The molecule has 0 fully saturated rings. The highest BCUT2D eigenvalue weighted by Crippen LogP contribution is 1.89. The summed E-state index contributed by atoms with van der Waals surface area (Å²) in [4.78, 5) is 0. The van der Waals surface area contributed by atoms with E-state index in [2.05, 4.69) is 9.92 Å². The second-order valence-electron chi connectivity index (χ2n) is 2.54. The molecule has 7 heteroatoms. The van der Waals surface area contributed by atoms with Crippen molar-refractivity contribution in [3.8, 4) is 0 Å². The van der Waals surface area contributed by atoms with Crippen molar-refractivity contribution < 1.29 is 27.6 Å². The average Bonchev–Trinajstić information content (AvgIpc) is 1.86. The quantitative estimate of drug-likeness (QED) is 0.340. The Balaban J connectivity index is 0. The fourth-order valence-electron chi connectivity index (χ4n) is 0. The third-order valence-electron chi connectivity index (χ3n) is 0.757. The number of quaternary nitrogens is 1. The molecule has 3 N–H and O–H groups in total. The summed E-state index contributed by atoms with van der Waals surface area (Å²) < 4.78 is 35.8. The first-order valence-electron chi connectivity index (χ1n) is 3.04. The highest BCUT2D eigenvalue weighted by molar-refractivity contribution is 7.80. The lowest BCUT2D eigenvalue weighted by molar-refractivity contribution is -0.538. The summed E-state index contributed by atoms with van der Waals surface area (Å²) in [6.07, 6.45) is 0. The highest BCUT2D eigenvalue weighted by Gasteiger charge is 2.09. The van der Waals surface area contributed by atoms with E-state index < -0.39 is 10.4 Å². The predicted molar refractivity (Wildman–Crippen MR) is 40.7 cm³/mol. The number of rotatable bonds is 2. The molecule has 0 aromatic rings. The van der Waals surface area contributed by atoms with E-state index in [1.807, 2.05) is 13.8 Å². The monoisotopic (exact) mass is 201 g/mol. The molecule has 0 unspecified atom stereocenters. The standard InChI is InChI=1S/C4H11NO.CH4O4S/c1-4(2,5)6-3;1-5-6(2,3)4/h5H2,1-3H3;1H3,(H,2,3,4). The van der Waals surface area contributed by atoms with Gasteiger partial charge in [0, 0.05) is 21.0 Å². The molecule has 0 radical (unpaired) electrons. The highest BCUT2D eigenvalue weighted by atomic mass is 32.3. The van der Waals surface area contributed by atoms with E-state index in [1.165, 1.54) is 0 Å². The van der Waals surface area contributed by atoms with E-state index in [-0.39, 0.29) is 5.72 Å². The van der Waals surface area contributed by atoms with Crippen molar-refractivity contribution in [2.75, 3.05) is 14.2 Å². The van der Waals surface area contributed by atoms with Crippen LogP contribution in [0.3, 0.4) is 0 Å². The van der Waals surface area contributed by atoms with Crippen molar-refractivity contribution in [3.63, 3.8) is 0 Å². The number of ether oxygens (including phenoxy) is 1. The van der Waals surface area contributed by atoms with E-state index in [1.54, 1.807) is 7.11 Å². The lowest BCUT2D eigenvalue weighted by Crippen LogP contribution is -2.70. The van der Waals surface area contributed by atoms with Gasteiger partial charge in [0.15, 0.2) is 5.72 Å². The third kappa shape index (κ3) is 22.6.